The zero-order chi connectivity index (χ0) is 22.0. The third kappa shape index (κ3) is 3.92. The molecular formula is C26H22O4S. The smallest absolute Gasteiger partial charge is 0.193 e. The third-order valence-corrected chi connectivity index (χ3v) is 6.32. The van der Waals surface area contributed by atoms with Crippen LogP contribution in [0.3, 0.4) is 0 Å². The van der Waals surface area contributed by atoms with Gasteiger partial charge in [0.2, 0.25) is 0 Å². The summed E-state index contributed by atoms with van der Waals surface area (Å²) in [5.41, 5.74) is 2.50. The van der Waals surface area contributed by atoms with Crippen molar-refractivity contribution >= 4 is 32.8 Å². The summed E-state index contributed by atoms with van der Waals surface area (Å²) in [5.74, 6) is 1.46. The highest BCUT2D eigenvalue weighted by molar-refractivity contribution is 7.22. The Kier molecular flexibility index (Phi) is 5.78. The number of carbonyl (C=O) groups excluding carboxylic acids is 1. The molecule has 0 aliphatic carbocycles. The minimum Gasteiger partial charge on any atom is -0.496 e. The Hall–Kier alpha value is -3.57. The molecule has 0 N–H and O–H groups in total. The van der Waals surface area contributed by atoms with E-state index in [9.17, 15) is 4.79 Å². The van der Waals surface area contributed by atoms with Gasteiger partial charge < -0.3 is 14.2 Å². The van der Waals surface area contributed by atoms with Crippen LogP contribution in [-0.2, 0) is 0 Å². The van der Waals surface area contributed by atoms with Crippen molar-refractivity contribution in [2.24, 2.45) is 0 Å². The lowest BCUT2D eigenvalue weighted by Gasteiger charge is -2.13. The molecule has 31 heavy (non-hydrogen) atoms. The first-order valence-corrected chi connectivity index (χ1v) is 10.5. The van der Waals surface area contributed by atoms with E-state index in [1.807, 2.05) is 30.3 Å². The molecule has 4 rings (SSSR count). The number of carbonyl (C=O) groups is 1. The van der Waals surface area contributed by atoms with Crippen molar-refractivity contribution in [3.63, 3.8) is 0 Å². The normalized spacial score (nSPS) is 10.7. The molecule has 0 atom stereocenters. The second kappa shape index (κ2) is 8.66. The van der Waals surface area contributed by atoms with Crippen LogP contribution in [0.4, 0.5) is 0 Å². The molecule has 5 heteroatoms. The second-order valence-electron chi connectivity index (χ2n) is 6.94. The number of methoxy groups -OCH3 is 3. The van der Waals surface area contributed by atoms with Gasteiger partial charge in [-0.05, 0) is 59.5 Å². The maximum atomic E-state index is 13.2. The Bertz CT molecular complexity index is 1250. The van der Waals surface area contributed by atoms with Crippen LogP contribution in [0.25, 0.3) is 26.1 Å². The molecule has 156 valence electrons. The second-order valence-corrected chi connectivity index (χ2v) is 8.02. The predicted molar refractivity (Wildman–Crippen MR) is 127 cm³/mol. The topological polar surface area (TPSA) is 44.8 Å². The third-order valence-electron chi connectivity index (χ3n) is 5.15. The van der Waals surface area contributed by atoms with Crippen LogP contribution in [0.1, 0.15) is 15.9 Å². The summed E-state index contributed by atoms with van der Waals surface area (Å²) < 4.78 is 17.3. The fraction of sp³-hybridized carbons (Fsp3) is 0.115. The van der Waals surface area contributed by atoms with Crippen molar-refractivity contribution in [2.75, 3.05) is 21.3 Å². The van der Waals surface area contributed by atoms with Gasteiger partial charge in [-0.15, -0.1) is 11.3 Å². The van der Waals surface area contributed by atoms with E-state index in [-0.39, 0.29) is 5.78 Å². The number of hydrogen-bond donors (Lipinski definition) is 0. The summed E-state index contributed by atoms with van der Waals surface area (Å²) in [4.78, 5) is 14.3. The summed E-state index contributed by atoms with van der Waals surface area (Å²) in [6.45, 7) is 4.09. The first-order chi connectivity index (χ1) is 15.0. The van der Waals surface area contributed by atoms with Crippen LogP contribution in [0.15, 0.2) is 73.3 Å². The van der Waals surface area contributed by atoms with Crippen molar-refractivity contribution in [1.29, 1.82) is 0 Å². The van der Waals surface area contributed by atoms with E-state index in [0.717, 1.165) is 10.4 Å². The number of allylic oxidation sites excluding steroid dienone is 1. The number of rotatable bonds is 7. The van der Waals surface area contributed by atoms with Crippen LogP contribution >= 0.6 is 11.3 Å². The molecule has 0 radical (unpaired) electrons. The number of ketones is 1. The standard InChI is InChI=1S/C26H22O4S/c1-16(26(27)19-10-12-22(29-3)23(14-19)30-4)20-13-18(9-11-21(20)28-2)25-15-17-7-5-6-8-24(17)31-25/h5-15H,1H2,2-4H3. The zero-order valence-electron chi connectivity index (χ0n) is 17.6. The Labute approximate surface area is 185 Å². The van der Waals surface area contributed by atoms with E-state index >= 15 is 0 Å². The fourth-order valence-electron chi connectivity index (χ4n) is 3.50. The highest BCUT2D eigenvalue weighted by atomic mass is 32.1. The average Bonchev–Trinajstić information content (AvgIpc) is 3.26. The van der Waals surface area contributed by atoms with Gasteiger partial charge in [0.15, 0.2) is 17.3 Å². The van der Waals surface area contributed by atoms with Gasteiger partial charge in [-0.2, -0.15) is 0 Å². The lowest BCUT2D eigenvalue weighted by Crippen LogP contribution is -2.04. The van der Waals surface area contributed by atoms with Gasteiger partial charge in [0.05, 0.1) is 21.3 Å². The number of benzene rings is 3. The van der Waals surface area contributed by atoms with Crippen molar-refractivity contribution in [3.05, 3.63) is 84.4 Å². The highest BCUT2D eigenvalue weighted by Gasteiger charge is 2.19. The molecule has 0 saturated heterocycles. The molecule has 4 aromatic rings. The van der Waals surface area contributed by atoms with E-state index in [4.69, 9.17) is 14.2 Å². The van der Waals surface area contributed by atoms with Gasteiger partial charge in [-0.3, -0.25) is 4.79 Å². The van der Waals surface area contributed by atoms with Crippen LogP contribution in [0, 0.1) is 0 Å². The van der Waals surface area contributed by atoms with Gasteiger partial charge in [-0.25, -0.2) is 0 Å². The maximum absolute atomic E-state index is 13.2. The van der Waals surface area contributed by atoms with Gasteiger partial charge >= 0.3 is 0 Å². The molecule has 1 aromatic heterocycles. The van der Waals surface area contributed by atoms with Gasteiger partial charge in [0, 0.05) is 26.3 Å². The van der Waals surface area contributed by atoms with Crippen LogP contribution in [0.2, 0.25) is 0 Å². The first kappa shape index (κ1) is 20.7. The van der Waals surface area contributed by atoms with E-state index in [2.05, 4.69) is 24.8 Å². The maximum Gasteiger partial charge on any atom is 0.193 e. The molecule has 0 aliphatic rings. The van der Waals surface area contributed by atoms with Crippen molar-refractivity contribution < 1.29 is 19.0 Å². The molecule has 0 unspecified atom stereocenters. The van der Waals surface area contributed by atoms with E-state index in [0.29, 0.717) is 33.9 Å². The fourth-order valence-corrected chi connectivity index (χ4v) is 4.55. The van der Waals surface area contributed by atoms with Crippen molar-refractivity contribution in [3.8, 4) is 27.7 Å². The molecule has 4 nitrogen and oxygen atoms in total. The molecular weight excluding hydrogens is 408 g/mol. The number of fused-ring (bicyclic) bond motifs is 1. The summed E-state index contributed by atoms with van der Waals surface area (Å²) in [6, 6.07) is 21.3. The number of thiophene rings is 1. The van der Waals surface area contributed by atoms with Crippen LogP contribution in [0.5, 0.6) is 17.2 Å². The van der Waals surface area contributed by atoms with Crippen LogP contribution in [-0.4, -0.2) is 27.1 Å². The SMILES string of the molecule is C=C(C(=O)c1ccc(OC)c(OC)c1)c1cc(-c2cc3ccccc3s2)ccc1OC. The summed E-state index contributed by atoms with van der Waals surface area (Å²) in [7, 11) is 4.69. The first-order valence-electron chi connectivity index (χ1n) is 9.68. The molecule has 0 saturated carbocycles. The molecule has 0 aliphatic heterocycles. The van der Waals surface area contributed by atoms with Gasteiger partial charge in [0.1, 0.15) is 5.75 Å². The van der Waals surface area contributed by atoms with Crippen molar-refractivity contribution in [2.45, 2.75) is 0 Å². The molecule has 0 spiro atoms. The highest BCUT2D eigenvalue weighted by Crippen LogP contribution is 2.38. The molecule has 1 heterocycles. The lowest BCUT2D eigenvalue weighted by atomic mass is 9.95. The average molecular weight is 431 g/mol. The van der Waals surface area contributed by atoms with Crippen molar-refractivity contribution in [1.82, 2.24) is 0 Å². The summed E-state index contributed by atoms with van der Waals surface area (Å²) >= 11 is 1.71. The van der Waals surface area contributed by atoms with Gasteiger partial charge in [-0.1, -0.05) is 24.8 Å². The minimum absolute atomic E-state index is 0.201. The molecule has 0 amide bonds. The largest absolute Gasteiger partial charge is 0.496 e. The molecule has 0 bridgehead atoms. The quantitative estimate of drug-likeness (QED) is 0.248. The lowest BCUT2D eigenvalue weighted by molar-refractivity contribution is 0.105. The van der Waals surface area contributed by atoms with E-state index < -0.39 is 0 Å². The van der Waals surface area contributed by atoms with Gasteiger partial charge in [0.25, 0.3) is 0 Å². The molecule has 0 fully saturated rings. The van der Waals surface area contributed by atoms with Crippen LogP contribution < -0.4 is 14.2 Å². The Morgan fingerprint density at radius 2 is 1.52 bits per heavy atom. The minimum atomic E-state index is -0.201. The summed E-state index contributed by atoms with van der Waals surface area (Å²) in [5, 5.41) is 1.19. The zero-order valence-corrected chi connectivity index (χ0v) is 18.4. The Balaban J connectivity index is 1.73. The number of ether oxygens (including phenoxy) is 3. The Morgan fingerprint density at radius 1 is 0.806 bits per heavy atom. The monoisotopic (exact) mass is 430 g/mol. The van der Waals surface area contributed by atoms with E-state index in [1.54, 1.807) is 50.9 Å². The predicted octanol–water partition coefficient (Wildman–Crippen LogP) is 6.49. The Morgan fingerprint density at radius 3 is 2.23 bits per heavy atom. The van der Waals surface area contributed by atoms with E-state index in [1.165, 1.54) is 10.1 Å². The molecule has 3 aromatic carbocycles. The number of Topliss-reactive ketones (excluding diaryl/α,β-unsaturated/α-hetero) is 1. The number of hydrogen-bond acceptors (Lipinski definition) is 5. The summed E-state index contributed by atoms with van der Waals surface area (Å²) in [6.07, 6.45) is 0.